The van der Waals surface area contributed by atoms with Gasteiger partial charge in [-0.25, -0.2) is 22.0 Å². The summed E-state index contributed by atoms with van der Waals surface area (Å²) in [6, 6.07) is 11.6. The average molecular weight is 326 g/mol. The fraction of sp³-hybridized carbons (Fsp3) is 0.0769. The van der Waals surface area contributed by atoms with Crippen LogP contribution in [0.15, 0.2) is 58.3 Å². The number of rotatable bonds is 4. The van der Waals surface area contributed by atoms with Gasteiger partial charge in [-0.3, -0.25) is 4.72 Å². The van der Waals surface area contributed by atoms with E-state index in [9.17, 15) is 16.8 Å². The first-order valence-corrected chi connectivity index (χ1v) is 8.94. The molecule has 112 valence electrons. The van der Waals surface area contributed by atoms with Crippen LogP contribution in [0.1, 0.15) is 5.56 Å². The lowest BCUT2D eigenvalue weighted by atomic mass is 10.2. The Morgan fingerprint density at radius 1 is 0.857 bits per heavy atom. The van der Waals surface area contributed by atoms with Crippen molar-refractivity contribution >= 4 is 25.7 Å². The third-order valence-corrected chi connectivity index (χ3v) is 5.16. The Labute approximate surface area is 123 Å². The van der Waals surface area contributed by atoms with Crippen molar-refractivity contribution in [2.75, 3.05) is 4.72 Å². The normalized spacial score (nSPS) is 12.1. The molecule has 6 nitrogen and oxygen atoms in total. The molecule has 0 aliphatic carbocycles. The molecule has 2 rings (SSSR count). The van der Waals surface area contributed by atoms with Crippen molar-refractivity contribution in [3.8, 4) is 0 Å². The predicted molar refractivity (Wildman–Crippen MR) is 79.8 cm³/mol. The Balaban J connectivity index is 2.35. The Kier molecular flexibility index (Phi) is 4.04. The van der Waals surface area contributed by atoms with Gasteiger partial charge in [-0.2, -0.15) is 0 Å². The van der Waals surface area contributed by atoms with Gasteiger partial charge in [0, 0.05) is 0 Å². The Bertz CT molecular complexity index is 857. The van der Waals surface area contributed by atoms with Gasteiger partial charge >= 0.3 is 0 Å². The average Bonchev–Trinajstić information content (AvgIpc) is 2.40. The number of para-hydroxylation sites is 1. The van der Waals surface area contributed by atoms with Gasteiger partial charge in [0.15, 0.2) is 0 Å². The molecule has 3 N–H and O–H groups in total. The molecular formula is C13H14N2O4S2. The van der Waals surface area contributed by atoms with Crippen molar-refractivity contribution in [1.82, 2.24) is 0 Å². The van der Waals surface area contributed by atoms with E-state index in [-0.39, 0.29) is 9.79 Å². The number of nitrogens with two attached hydrogens (primary N) is 1. The minimum Gasteiger partial charge on any atom is -0.279 e. The first-order chi connectivity index (χ1) is 9.70. The van der Waals surface area contributed by atoms with Crippen LogP contribution in [-0.2, 0) is 20.0 Å². The lowest BCUT2D eigenvalue weighted by molar-refractivity contribution is 0.595. The predicted octanol–water partition coefficient (Wildman–Crippen LogP) is 1.44. The van der Waals surface area contributed by atoms with E-state index in [0.29, 0.717) is 5.69 Å². The SMILES string of the molecule is Cc1ccccc1NS(=O)(=O)c1ccc(S(N)(=O)=O)cc1. The third kappa shape index (κ3) is 3.60. The summed E-state index contributed by atoms with van der Waals surface area (Å²) >= 11 is 0. The van der Waals surface area contributed by atoms with E-state index in [2.05, 4.69) is 4.72 Å². The van der Waals surface area contributed by atoms with Crippen molar-refractivity contribution in [3.63, 3.8) is 0 Å². The van der Waals surface area contributed by atoms with Crippen LogP contribution in [0.4, 0.5) is 5.69 Å². The second-order valence-corrected chi connectivity index (χ2v) is 7.68. The fourth-order valence-electron chi connectivity index (χ4n) is 1.70. The number of anilines is 1. The number of aryl methyl sites for hydroxylation is 1. The van der Waals surface area contributed by atoms with E-state index in [4.69, 9.17) is 5.14 Å². The summed E-state index contributed by atoms with van der Waals surface area (Å²) in [5.74, 6) is 0. The van der Waals surface area contributed by atoms with Crippen molar-refractivity contribution in [2.24, 2.45) is 5.14 Å². The van der Waals surface area contributed by atoms with Crippen LogP contribution in [-0.4, -0.2) is 16.8 Å². The maximum atomic E-state index is 12.2. The number of benzene rings is 2. The van der Waals surface area contributed by atoms with Crippen molar-refractivity contribution in [3.05, 3.63) is 54.1 Å². The maximum absolute atomic E-state index is 12.2. The molecule has 0 saturated carbocycles. The molecule has 2 aromatic rings. The number of hydrogen-bond donors (Lipinski definition) is 2. The standard InChI is InChI=1S/C13H14N2O4S2/c1-10-4-2-3-5-13(10)15-21(18,19)12-8-6-11(7-9-12)20(14,16)17/h2-9,15H,1H3,(H2,14,16,17). The third-order valence-electron chi connectivity index (χ3n) is 2.85. The van der Waals surface area contributed by atoms with Crippen LogP contribution in [0, 0.1) is 6.92 Å². The summed E-state index contributed by atoms with van der Waals surface area (Å²) in [5.41, 5.74) is 1.25. The molecule has 0 amide bonds. The highest BCUT2D eigenvalue weighted by molar-refractivity contribution is 7.92. The summed E-state index contributed by atoms with van der Waals surface area (Å²) < 4.78 is 49.2. The van der Waals surface area contributed by atoms with Gasteiger partial charge in [-0.05, 0) is 42.8 Å². The van der Waals surface area contributed by atoms with E-state index in [0.717, 1.165) is 17.7 Å². The molecule has 0 unspecified atom stereocenters. The quantitative estimate of drug-likeness (QED) is 0.886. The lowest BCUT2D eigenvalue weighted by Gasteiger charge is -2.10. The number of primary sulfonamides is 1. The van der Waals surface area contributed by atoms with Crippen LogP contribution in [0.3, 0.4) is 0 Å². The highest BCUT2D eigenvalue weighted by Gasteiger charge is 2.16. The number of nitrogens with one attached hydrogen (secondary N) is 1. The summed E-state index contributed by atoms with van der Waals surface area (Å²) in [6.45, 7) is 1.78. The zero-order valence-electron chi connectivity index (χ0n) is 11.1. The van der Waals surface area contributed by atoms with E-state index < -0.39 is 20.0 Å². The Morgan fingerprint density at radius 2 is 1.38 bits per heavy atom. The largest absolute Gasteiger partial charge is 0.279 e. The highest BCUT2D eigenvalue weighted by Crippen LogP contribution is 2.20. The van der Waals surface area contributed by atoms with Crippen molar-refractivity contribution in [1.29, 1.82) is 0 Å². The molecule has 0 atom stereocenters. The van der Waals surface area contributed by atoms with E-state index in [1.54, 1.807) is 31.2 Å². The van der Waals surface area contributed by atoms with Gasteiger partial charge < -0.3 is 0 Å². The lowest BCUT2D eigenvalue weighted by Crippen LogP contribution is -2.15. The van der Waals surface area contributed by atoms with Gasteiger partial charge in [0.25, 0.3) is 10.0 Å². The molecule has 2 aromatic carbocycles. The van der Waals surface area contributed by atoms with Crippen LogP contribution >= 0.6 is 0 Å². The van der Waals surface area contributed by atoms with Crippen LogP contribution in [0.25, 0.3) is 0 Å². The van der Waals surface area contributed by atoms with E-state index >= 15 is 0 Å². The summed E-state index contributed by atoms with van der Waals surface area (Å²) in [6.07, 6.45) is 0. The topological polar surface area (TPSA) is 106 Å². The maximum Gasteiger partial charge on any atom is 0.261 e. The smallest absolute Gasteiger partial charge is 0.261 e. The Hall–Kier alpha value is -1.90. The van der Waals surface area contributed by atoms with Crippen LogP contribution in [0.2, 0.25) is 0 Å². The molecule has 0 heterocycles. The number of hydrogen-bond acceptors (Lipinski definition) is 4. The molecule has 0 bridgehead atoms. The minimum atomic E-state index is -3.85. The number of sulfonamides is 2. The molecule has 0 aromatic heterocycles. The minimum absolute atomic E-state index is 0.0434. The zero-order valence-corrected chi connectivity index (χ0v) is 12.8. The van der Waals surface area contributed by atoms with Gasteiger partial charge in [-0.1, -0.05) is 18.2 Å². The van der Waals surface area contributed by atoms with Crippen LogP contribution in [0.5, 0.6) is 0 Å². The first-order valence-electron chi connectivity index (χ1n) is 5.91. The van der Waals surface area contributed by atoms with Crippen molar-refractivity contribution in [2.45, 2.75) is 16.7 Å². The van der Waals surface area contributed by atoms with Crippen LogP contribution < -0.4 is 9.86 Å². The molecule has 21 heavy (non-hydrogen) atoms. The van der Waals surface area contributed by atoms with Gasteiger partial charge in [0.05, 0.1) is 15.5 Å². The molecule has 0 aliphatic heterocycles. The Morgan fingerprint density at radius 3 is 1.90 bits per heavy atom. The van der Waals surface area contributed by atoms with E-state index in [1.807, 2.05) is 0 Å². The summed E-state index contributed by atoms with van der Waals surface area (Å²) in [5, 5.41) is 4.97. The monoisotopic (exact) mass is 326 g/mol. The fourth-order valence-corrected chi connectivity index (χ4v) is 3.35. The molecular weight excluding hydrogens is 312 g/mol. The van der Waals surface area contributed by atoms with Gasteiger partial charge in [0.2, 0.25) is 10.0 Å². The molecule has 0 aliphatic rings. The first kappa shape index (κ1) is 15.5. The summed E-state index contributed by atoms with van der Waals surface area (Å²) in [7, 11) is -7.63. The van der Waals surface area contributed by atoms with Gasteiger partial charge in [0.1, 0.15) is 0 Å². The second-order valence-electron chi connectivity index (χ2n) is 4.44. The van der Waals surface area contributed by atoms with Gasteiger partial charge in [-0.15, -0.1) is 0 Å². The molecule has 0 fully saturated rings. The molecule has 0 saturated heterocycles. The molecule has 8 heteroatoms. The highest BCUT2D eigenvalue weighted by atomic mass is 32.2. The van der Waals surface area contributed by atoms with E-state index in [1.165, 1.54) is 12.1 Å². The summed E-state index contributed by atoms with van der Waals surface area (Å²) in [4.78, 5) is -0.185. The second kappa shape index (κ2) is 5.47. The molecule has 0 spiro atoms. The zero-order chi connectivity index (χ0) is 15.7. The van der Waals surface area contributed by atoms with Crippen molar-refractivity contribution < 1.29 is 16.8 Å². The molecule has 0 radical (unpaired) electrons.